The summed E-state index contributed by atoms with van der Waals surface area (Å²) in [6.07, 6.45) is 8.79. The Kier molecular flexibility index (Phi) is 14.1. The Morgan fingerprint density at radius 3 is 1.72 bits per heavy atom. The summed E-state index contributed by atoms with van der Waals surface area (Å²) < 4.78 is 25.7. The van der Waals surface area contributed by atoms with E-state index in [2.05, 4.69) is 149 Å². The van der Waals surface area contributed by atoms with Gasteiger partial charge in [0.2, 0.25) is 0 Å². The van der Waals surface area contributed by atoms with Crippen LogP contribution in [0.4, 0.5) is 0 Å². The second-order valence-electron chi connectivity index (χ2n) is 16.1. The Bertz CT molecular complexity index is 3040. The second-order valence-corrected chi connectivity index (χ2v) is 21.0. The monoisotopic (exact) mass is 917 g/mol. The van der Waals surface area contributed by atoms with Crippen LogP contribution in [0.3, 0.4) is 0 Å². The van der Waals surface area contributed by atoms with Gasteiger partial charge in [-0.05, 0) is 119 Å². The van der Waals surface area contributed by atoms with E-state index in [1.54, 1.807) is 22.7 Å². The van der Waals surface area contributed by atoms with Crippen molar-refractivity contribution in [3.63, 3.8) is 0 Å². The number of carbonyl (C=O) groups is 1. The highest BCUT2D eigenvalue weighted by Gasteiger charge is 2.39. The average molecular weight is 918 g/mol. The second kappa shape index (κ2) is 20.6. The zero-order valence-corrected chi connectivity index (χ0v) is 39.8. The molecule has 0 radical (unpaired) electrons. The van der Waals surface area contributed by atoms with E-state index in [4.69, 9.17) is 22.9 Å². The van der Waals surface area contributed by atoms with Crippen molar-refractivity contribution in [3.8, 4) is 53.2 Å². The highest BCUT2D eigenvalue weighted by atomic mass is 32.1. The van der Waals surface area contributed by atoms with E-state index in [1.807, 2.05) is 20.8 Å². The molecular weight excluding hydrogens is 865 g/mol. The van der Waals surface area contributed by atoms with Gasteiger partial charge in [0.05, 0.1) is 10.6 Å². The first-order chi connectivity index (χ1) is 31.9. The lowest BCUT2D eigenvalue weighted by Gasteiger charge is -2.28. The van der Waals surface area contributed by atoms with Gasteiger partial charge in [-0.2, -0.15) is 0 Å². The molecular formula is C53H53N4O5S2Si+. The van der Waals surface area contributed by atoms with Gasteiger partial charge in [0.1, 0.15) is 23.5 Å². The van der Waals surface area contributed by atoms with E-state index in [9.17, 15) is 4.79 Å². The zero-order valence-electron chi connectivity index (χ0n) is 37.1. The predicted octanol–water partition coefficient (Wildman–Crippen LogP) is 13.6. The van der Waals surface area contributed by atoms with Gasteiger partial charge in [-0.3, -0.25) is 4.79 Å². The van der Waals surface area contributed by atoms with E-state index < -0.39 is 8.80 Å². The Morgan fingerprint density at radius 1 is 0.569 bits per heavy atom. The van der Waals surface area contributed by atoms with Crippen LogP contribution in [0.25, 0.3) is 85.7 Å². The topological polar surface area (TPSA) is 100 Å². The molecule has 0 atom stereocenters. The molecule has 9 aromatic rings. The fraction of sp³-hybridized carbons (Fsp3) is 0.264. The molecule has 5 heterocycles. The SMILES string of the molecule is CCO[Si](CCCCC(=O)CCCC[n+]1ccc(-c2nc(-c3ccc(-c4ccc5ccccc5c4)s3)c3nonc3c2-c2ccc(-c3ccc4ccccc4c3)s2)cc1)(OCC)OCC. The van der Waals surface area contributed by atoms with Crippen LogP contribution in [-0.4, -0.2) is 49.7 Å². The summed E-state index contributed by atoms with van der Waals surface area (Å²) in [6, 6.07) is 43.7. The lowest BCUT2D eigenvalue weighted by Crippen LogP contribution is -2.45. The molecule has 0 saturated heterocycles. The number of benzene rings is 4. The van der Waals surface area contributed by atoms with Gasteiger partial charge < -0.3 is 13.3 Å². The van der Waals surface area contributed by atoms with Crippen LogP contribution in [0, 0.1) is 0 Å². The summed E-state index contributed by atoms with van der Waals surface area (Å²) in [5.74, 6) is 0.307. The molecule has 0 fully saturated rings. The lowest BCUT2D eigenvalue weighted by molar-refractivity contribution is -0.697. The number of Topliss-reactive ketones (excluding diaryl/α,β-unsaturated/α-hetero) is 1. The molecule has 4 aromatic carbocycles. The van der Waals surface area contributed by atoms with Crippen molar-refractivity contribution in [2.45, 2.75) is 71.9 Å². The first-order valence-electron chi connectivity index (χ1n) is 22.7. The number of ketones is 1. The molecule has 9 rings (SSSR count). The molecule has 0 bridgehead atoms. The maximum absolute atomic E-state index is 12.9. The number of nitrogens with zero attached hydrogens (tertiary/aromatic N) is 4. The first kappa shape index (κ1) is 44.5. The minimum absolute atomic E-state index is 0.307. The molecule has 0 spiro atoms. The average Bonchev–Trinajstić information content (AvgIpc) is 4.15. The molecule has 12 heteroatoms. The third-order valence-electron chi connectivity index (χ3n) is 11.7. The number of aryl methyl sites for hydroxylation is 1. The fourth-order valence-corrected chi connectivity index (χ4v) is 13.3. The number of aromatic nitrogens is 4. The molecule has 65 heavy (non-hydrogen) atoms. The maximum Gasteiger partial charge on any atom is 0.500 e. The van der Waals surface area contributed by atoms with E-state index in [-0.39, 0.29) is 0 Å². The molecule has 330 valence electrons. The third kappa shape index (κ3) is 10.1. The van der Waals surface area contributed by atoms with Crippen molar-refractivity contribution in [3.05, 3.63) is 134 Å². The highest BCUT2D eigenvalue weighted by molar-refractivity contribution is 7.19. The van der Waals surface area contributed by atoms with Crippen molar-refractivity contribution >= 4 is 69.8 Å². The fourth-order valence-electron chi connectivity index (χ4n) is 8.56. The molecule has 0 aliphatic carbocycles. The third-order valence-corrected chi connectivity index (χ3v) is 17.2. The number of carbonyl (C=O) groups excluding carboxylic acids is 1. The van der Waals surface area contributed by atoms with E-state index >= 15 is 0 Å². The van der Waals surface area contributed by atoms with Crippen LogP contribution in [0.2, 0.25) is 6.04 Å². The van der Waals surface area contributed by atoms with Gasteiger partial charge in [0.25, 0.3) is 0 Å². The van der Waals surface area contributed by atoms with Gasteiger partial charge >= 0.3 is 8.80 Å². The molecule has 9 nitrogen and oxygen atoms in total. The van der Waals surface area contributed by atoms with Gasteiger partial charge in [0.15, 0.2) is 17.9 Å². The summed E-state index contributed by atoms with van der Waals surface area (Å²) >= 11 is 3.41. The summed E-state index contributed by atoms with van der Waals surface area (Å²) in [4.78, 5) is 22.6. The number of hydrogen-bond acceptors (Lipinski definition) is 10. The molecule has 0 N–H and O–H groups in total. The molecule has 5 aromatic heterocycles. The van der Waals surface area contributed by atoms with E-state index in [1.165, 1.54) is 21.5 Å². The van der Waals surface area contributed by atoms with E-state index in [0.717, 1.165) is 91.4 Å². The highest BCUT2D eigenvalue weighted by Crippen LogP contribution is 2.45. The number of unbranched alkanes of at least 4 members (excludes halogenated alkanes) is 2. The van der Waals surface area contributed by atoms with E-state index in [0.29, 0.717) is 49.5 Å². The molecule has 0 unspecified atom stereocenters. The van der Waals surface area contributed by atoms with Gasteiger partial charge in [-0.1, -0.05) is 72.8 Å². The van der Waals surface area contributed by atoms with Gasteiger partial charge in [0, 0.05) is 83.0 Å². The van der Waals surface area contributed by atoms with Crippen LogP contribution >= 0.6 is 22.7 Å². The Labute approximate surface area is 389 Å². The number of fused-ring (bicyclic) bond motifs is 3. The predicted molar refractivity (Wildman–Crippen MR) is 266 cm³/mol. The van der Waals surface area contributed by atoms with Gasteiger partial charge in [-0.15, -0.1) is 22.7 Å². The van der Waals surface area contributed by atoms with Crippen LogP contribution in [-0.2, 0) is 24.6 Å². The van der Waals surface area contributed by atoms with Crippen LogP contribution in [0.1, 0.15) is 59.3 Å². The van der Waals surface area contributed by atoms with Crippen molar-refractivity contribution in [2.24, 2.45) is 0 Å². The standard InChI is InChI=1S/C53H53N4O5S2Si/c1-4-59-65(60-5-2,61-6-3)34-14-12-20-44(58)19-11-13-31-57-32-29-39(30-33-57)50-49(47-27-25-45(63-47)42-23-21-37-15-7-9-17-40(37)35-42)52-53(56-62-55-52)51(54-50)48-28-26-46(64-48)43-24-22-38-16-8-10-18-41(38)36-43/h7-10,15-18,21-30,32-33,35-36H,4-6,11-14,19-20,31,34H2,1-3H3/q+1. The summed E-state index contributed by atoms with van der Waals surface area (Å²) in [5.41, 5.74) is 7.05. The molecule has 0 amide bonds. The Balaban J connectivity index is 0.949. The van der Waals surface area contributed by atoms with Crippen molar-refractivity contribution < 1.29 is 27.3 Å². The molecule has 0 saturated carbocycles. The zero-order chi connectivity index (χ0) is 44.6. The smallest absolute Gasteiger partial charge is 0.374 e. The van der Waals surface area contributed by atoms with Crippen LogP contribution in [0.15, 0.2) is 138 Å². The normalized spacial score (nSPS) is 11.9. The van der Waals surface area contributed by atoms with Crippen molar-refractivity contribution in [1.29, 1.82) is 0 Å². The first-order valence-corrected chi connectivity index (χ1v) is 26.3. The quantitative estimate of drug-likeness (QED) is 0.0399. The molecule has 0 aliphatic heterocycles. The molecule has 0 aliphatic rings. The number of hydrogen-bond donors (Lipinski definition) is 0. The Morgan fingerprint density at radius 2 is 1.11 bits per heavy atom. The lowest BCUT2D eigenvalue weighted by atomic mass is 10.0. The van der Waals surface area contributed by atoms with Gasteiger partial charge in [-0.25, -0.2) is 14.2 Å². The van der Waals surface area contributed by atoms with Crippen LogP contribution in [0.5, 0.6) is 0 Å². The minimum Gasteiger partial charge on any atom is -0.374 e. The summed E-state index contributed by atoms with van der Waals surface area (Å²) in [7, 11) is -2.68. The minimum atomic E-state index is -2.68. The van der Waals surface area contributed by atoms with Crippen LogP contribution < -0.4 is 4.57 Å². The number of rotatable bonds is 21. The van der Waals surface area contributed by atoms with Crippen molar-refractivity contribution in [1.82, 2.24) is 15.3 Å². The Hall–Kier alpha value is -5.73. The number of pyridine rings is 2. The number of thiophene rings is 2. The summed E-state index contributed by atoms with van der Waals surface area (Å²) in [5, 5.41) is 13.9. The van der Waals surface area contributed by atoms with Crippen molar-refractivity contribution in [2.75, 3.05) is 19.8 Å². The summed E-state index contributed by atoms with van der Waals surface area (Å²) in [6.45, 7) is 8.41. The largest absolute Gasteiger partial charge is 0.500 e. The maximum atomic E-state index is 12.9.